The molecule has 7 nitrogen and oxygen atoms in total. The van der Waals surface area contributed by atoms with Gasteiger partial charge in [0.25, 0.3) is 0 Å². The van der Waals surface area contributed by atoms with Crippen molar-refractivity contribution in [3.8, 4) is 0 Å². The second kappa shape index (κ2) is 8.27. The summed E-state index contributed by atoms with van der Waals surface area (Å²) in [5.74, 6) is 1.84. The predicted molar refractivity (Wildman–Crippen MR) is 93.0 cm³/mol. The number of hydrogen-bond donors (Lipinski definition) is 0. The number of hydrogen-bond acceptors (Lipinski definition) is 5. The van der Waals surface area contributed by atoms with Crippen LogP contribution in [0.5, 0.6) is 0 Å². The molecule has 3 rings (SSSR count). The molecule has 7 heteroatoms. The Balaban J connectivity index is 1.53. The third kappa shape index (κ3) is 4.67. The van der Waals surface area contributed by atoms with Gasteiger partial charge in [0.1, 0.15) is 0 Å². The fourth-order valence-corrected chi connectivity index (χ4v) is 3.29. The van der Waals surface area contributed by atoms with Crippen LogP contribution >= 0.6 is 0 Å². The van der Waals surface area contributed by atoms with Crippen molar-refractivity contribution in [3.63, 3.8) is 0 Å². The highest BCUT2D eigenvalue weighted by Gasteiger charge is 2.28. The fraction of sp³-hybridized carbons (Fsp3) is 0.667. The molecular formula is C18H27N5O2. The molecule has 1 amide bonds. The van der Waals surface area contributed by atoms with E-state index in [-0.39, 0.29) is 11.8 Å². The van der Waals surface area contributed by atoms with E-state index in [0.717, 1.165) is 56.5 Å². The van der Waals surface area contributed by atoms with E-state index in [1.165, 1.54) is 0 Å². The molecule has 1 aliphatic rings. The molecule has 25 heavy (non-hydrogen) atoms. The van der Waals surface area contributed by atoms with Crippen LogP contribution in [0.25, 0.3) is 0 Å². The second-order valence-corrected chi connectivity index (χ2v) is 6.85. The first-order valence-corrected chi connectivity index (χ1v) is 9.23. The second-order valence-electron chi connectivity index (χ2n) is 6.85. The van der Waals surface area contributed by atoms with Crippen molar-refractivity contribution in [1.82, 2.24) is 24.8 Å². The SMILES string of the molecule is CCCCc1noc(C2CCCN(C(=O)CCc3cnn(C)c3)C2)n1. The first-order chi connectivity index (χ1) is 12.2. The molecule has 0 spiro atoms. The Hall–Kier alpha value is -2.18. The summed E-state index contributed by atoms with van der Waals surface area (Å²) in [5, 5.41) is 8.22. The Labute approximate surface area is 148 Å². The average molecular weight is 345 g/mol. The zero-order valence-corrected chi connectivity index (χ0v) is 15.1. The Morgan fingerprint density at radius 2 is 2.28 bits per heavy atom. The predicted octanol–water partition coefficient (Wildman–Crippen LogP) is 2.48. The largest absolute Gasteiger partial charge is 0.342 e. The van der Waals surface area contributed by atoms with Gasteiger partial charge in [-0.1, -0.05) is 18.5 Å². The minimum Gasteiger partial charge on any atom is -0.342 e. The number of carbonyl (C=O) groups is 1. The van der Waals surface area contributed by atoms with Gasteiger partial charge in [-0.25, -0.2) is 0 Å². The lowest BCUT2D eigenvalue weighted by atomic mass is 9.97. The lowest BCUT2D eigenvalue weighted by Crippen LogP contribution is -2.39. The van der Waals surface area contributed by atoms with Crippen LogP contribution in [-0.2, 0) is 24.7 Å². The lowest BCUT2D eigenvalue weighted by molar-refractivity contribution is -0.132. The minimum atomic E-state index is 0.166. The van der Waals surface area contributed by atoms with E-state index in [0.29, 0.717) is 18.9 Å². The highest BCUT2D eigenvalue weighted by Crippen LogP contribution is 2.26. The van der Waals surface area contributed by atoms with Crippen LogP contribution in [0.4, 0.5) is 0 Å². The van der Waals surface area contributed by atoms with E-state index in [4.69, 9.17) is 4.52 Å². The molecule has 1 atom stereocenters. The van der Waals surface area contributed by atoms with Gasteiger partial charge in [-0.3, -0.25) is 9.48 Å². The molecule has 0 N–H and O–H groups in total. The molecule has 1 saturated heterocycles. The number of rotatable bonds is 7. The number of amides is 1. The molecule has 2 aromatic rings. The first kappa shape index (κ1) is 17.6. The zero-order chi connectivity index (χ0) is 17.6. The summed E-state index contributed by atoms with van der Waals surface area (Å²) in [6.45, 7) is 3.65. The molecule has 1 unspecified atom stereocenters. The Bertz CT molecular complexity index is 693. The Morgan fingerprint density at radius 3 is 3.04 bits per heavy atom. The van der Waals surface area contributed by atoms with Gasteiger partial charge in [0.15, 0.2) is 5.82 Å². The van der Waals surface area contributed by atoms with Crippen molar-refractivity contribution >= 4 is 5.91 Å². The van der Waals surface area contributed by atoms with Crippen molar-refractivity contribution in [2.24, 2.45) is 7.05 Å². The van der Waals surface area contributed by atoms with Gasteiger partial charge in [0, 0.05) is 39.2 Å². The quantitative estimate of drug-likeness (QED) is 0.770. The minimum absolute atomic E-state index is 0.166. The van der Waals surface area contributed by atoms with Crippen LogP contribution in [0.3, 0.4) is 0 Å². The number of piperidine rings is 1. The summed E-state index contributed by atoms with van der Waals surface area (Å²) in [4.78, 5) is 19.0. The van der Waals surface area contributed by atoms with Crippen molar-refractivity contribution in [1.29, 1.82) is 0 Å². The highest BCUT2D eigenvalue weighted by molar-refractivity contribution is 5.76. The van der Waals surface area contributed by atoms with E-state index < -0.39 is 0 Å². The normalized spacial score (nSPS) is 17.8. The topological polar surface area (TPSA) is 77.0 Å². The summed E-state index contributed by atoms with van der Waals surface area (Å²) in [7, 11) is 1.89. The molecule has 0 aromatic carbocycles. The number of likely N-dealkylation sites (tertiary alicyclic amines) is 1. The van der Waals surface area contributed by atoms with Gasteiger partial charge in [-0.2, -0.15) is 10.1 Å². The van der Waals surface area contributed by atoms with Gasteiger partial charge in [0.2, 0.25) is 11.8 Å². The number of aromatic nitrogens is 4. The standard InChI is InChI=1S/C18H27N5O2/c1-3-4-7-16-20-18(25-21-16)15-6-5-10-23(13-15)17(24)9-8-14-11-19-22(2)12-14/h11-12,15H,3-10,13H2,1-2H3. The van der Waals surface area contributed by atoms with Crippen LogP contribution in [0, 0.1) is 0 Å². The van der Waals surface area contributed by atoms with E-state index in [1.807, 2.05) is 24.3 Å². The fourth-order valence-electron chi connectivity index (χ4n) is 3.29. The molecule has 1 fully saturated rings. The first-order valence-electron chi connectivity index (χ1n) is 9.23. The average Bonchev–Trinajstić information content (AvgIpc) is 3.27. The van der Waals surface area contributed by atoms with Crippen LogP contribution in [0.1, 0.15) is 62.2 Å². The number of nitrogens with zero attached hydrogens (tertiary/aromatic N) is 5. The Morgan fingerprint density at radius 1 is 1.40 bits per heavy atom. The maximum absolute atomic E-state index is 12.5. The van der Waals surface area contributed by atoms with Gasteiger partial charge in [0.05, 0.1) is 12.1 Å². The summed E-state index contributed by atoms with van der Waals surface area (Å²) in [6.07, 6.45) is 10.1. The molecule has 0 saturated carbocycles. The molecular weight excluding hydrogens is 318 g/mol. The van der Waals surface area contributed by atoms with Crippen LogP contribution in [0.2, 0.25) is 0 Å². The maximum atomic E-state index is 12.5. The molecule has 0 radical (unpaired) electrons. The highest BCUT2D eigenvalue weighted by atomic mass is 16.5. The zero-order valence-electron chi connectivity index (χ0n) is 15.1. The van der Waals surface area contributed by atoms with E-state index in [2.05, 4.69) is 22.2 Å². The molecule has 0 bridgehead atoms. The summed E-state index contributed by atoms with van der Waals surface area (Å²) < 4.78 is 7.22. The van der Waals surface area contributed by atoms with Crippen LogP contribution in [-0.4, -0.2) is 43.8 Å². The third-order valence-electron chi connectivity index (χ3n) is 4.75. The van der Waals surface area contributed by atoms with Gasteiger partial charge >= 0.3 is 0 Å². The van der Waals surface area contributed by atoms with Crippen molar-refractivity contribution in [2.45, 2.75) is 57.8 Å². The number of carbonyl (C=O) groups excluding carboxylic acids is 1. The monoisotopic (exact) mass is 345 g/mol. The van der Waals surface area contributed by atoms with Crippen molar-refractivity contribution < 1.29 is 9.32 Å². The smallest absolute Gasteiger partial charge is 0.231 e. The van der Waals surface area contributed by atoms with Crippen molar-refractivity contribution in [2.75, 3.05) is 13.1 Å². The summed E-state index contributed by atoms with van der Waals surface area (Å²) in [6, 6.07) is 0. The van der Waals surface area contributed by atoms with E-state index in [1.54, 1.807) is 4.68 Å². The third-order valence-corrected chi connectivity index (χ3v) is 4.75. The summed E-state index contributed by atoms with van der Waals surface area (Å²) >= 11 is 0. The van der Waals surface area contributed by atoms with Crippen LogP contribution < -0.4 is 0 Å². The van der Waals surface area contributed by atoms with E-state index in [9.17, 15) is 4.79 Å². The molecule has 1 aliphatic heterocycles. The molecule has 2 aromatic heterocycles. The van der Waals surface area contributed by atoms with E-state index >= 15 is 0 Å². The van der Waals surface area contributed by atoms with Gasteiger partial charge in [-0.05, 0) is 31.2 Å². The lowest BCUT2D eigenvalue weighted by Gasteiger charge is -2.31. The van der Waals surface area contributed by atoms with Crippen LogP contribution in [0.15, 0.2) is 16.9 Å². The number of aryl methyl sites for hydroxylation is 3. The van der Waals surface area contributed by atoms with Gasteiger partial charge < -0.3 is 9.42 Å². The number of unbranched alkanes of at least 4 members (excludes halogenated alkanes) is 1. The Kier molecular flexibility index (Phi) is 5.83. The molecule has 3 heterocycles. The van der Waals surface area contributed by atoms with Crippen molar-refractivity contribution in [3.05, 3.63) is 29.7 Å². The van der Waals surface area contributed by atoms with Gasteiger partial charge in [-0.15, -0.1) is 0 Å². The molecule has 136 valence electrons. The maximum Gasteiger partial charge on any atom is 0.231 e. The molecule has 0 aliphatic carbocycles. The summed E-state index contributed by atoms with van der Waals surface area (Å²) in [5.41, 5.74) is 1.10.